The van der Waals surface area contributed by atoms with E-state index >= 15 is 0 Å². The second kappa shape index (κ2) is 5.01. The van der Waals surface area contributed by atoms with E-state index in [0.717, 1.165) is 0 Å². The first-order chi connectivity index (χ1) is 7.35. The fourth-order valence-electron chi connectivity index (χ4n) is 1.00. The molecule has 0 spiro atoms. The highest BCUT2D eigenvalue weighted by Crippen LogP contribution is 2.25. The molecule has 0 unspecified atom stereocenters. The van der Waals surface area contributed by atoms with Crippen molar-refractivity contribution in [3.63, 3.8) is 0 Å². The maximum atomic E-state index is 11.9. The molecule has 0 N–H and O–H groups in total. The zero-order valence-corrected chi connectivity index (χ0v) is 11.1. The van der Waals surface area contributed by atoms with Crippen molar-refractivity contribution in [1.82, 2.24) is 9.97 Å². The monoisotopic (exact) mass is 260 g/mol. The number of hydrogen-bond acceptors (Lipinski definition) is 5. The lowest BCUT2D eigenvalue weighted by atomic mass is 10.2. The van der Waals surface area contributed by atoms with Gasteiger partial charge in [-0.3, -0.25) is 0 Å². The molecule has 0 bridgehead atoms. The maximum absolute atomic E-state index is 11.9. The average Bonchev–Trinajstić information content (AvgIpc) is 2.14. The zero-order valence-electron chi connectivity index (χ0n) is 9.57. The first kappa shape index (κ1) is 13.3. The molecule has 16 heavy (non-hydrogen) atoms. The third-order valence-electron chi connectivity index (χ3n) is 1.56. The van der Waals surface area contributed by atoms with E-state index in [2.05, 4.69) is 9.97 Å². The number of ether oxygens (including phenoxy) is 1. The van der Waals surface area contributed by atoms with Crippen LogP contribution in [0.1, 0.15) is 31.1 Å². The number of carbonyl (C=O) groups excluding carboxylic acids is 1. The van der Waals surface area contributed by atoms with Crippen molar-refractivity contribution in [2.75, 3.05) is 6.26 Å². The molecular formula is C10H13ClN2O2S. The molecule has 1 heterocycles. The van der Waals surface area contributed by atoms with Gasteiger partial charge < -0.3 is 4.74 Å². The molecule has 0 radical (unpaired) electrons. The molecule has 0 amide bonds. The van der Waals surface area contributed by atoms with Gasteiger partial charge in [0.05, 0.1) is 0 Å². The van der Waals surface area contributed by atoms with E-state index in [-0.39, 0.29) is 10.7 Å². The van der Waals surface area contributed by atoms with E-state index in [4.69, 9.17) is 16.3 Å². The van der Waals surface area contributed by atoms with Crippen molar-refractivity contribution >= 4 is 29.3 Å². The molecule has 1 aromatic heterocycles. The number of nitrogens with zero attached hydrogens (tertiary/aromatic N) is 2. The van der Waals surface area contributed by atoms with Crippen LogP contribution in [0.2, 0.25) is 5.15 Å². The van der Waals surface area contributed by atoms with Gasteiger partial charge in [0.15, 0.2) is 0 Å². The minimum Gasteiger partial charge on any atom is -0.456 e. The number of halogens is 1. The lowest BCUT2D eigenvalue weighted by Crippen LogP contribution is -2.24. The fourth-order valence-corrected chi connectivity index (χ4v) is 1.81. The third kappa shape index (κ3) is 3.35. The Morgan fingerprint density at radius 1 is 1.44 bits per heavy atom. The van der Waals surface area contributed by atoms with Crippen LogP contribution in [0.15, 0.2) is 11.4 Å². The minimum atomic E-state index is -0.564. The molecule has 0 aromatic carbocycles. The summed E-state index contributed by atoms with van der Waals surface area (Å²) < 4.78 is 5.23. The van der Waals surface area contributed by atoms with Crippen LogP contribution in [0.25, 0.3) is 0 Å². The third-order valence-corrected chi connectivity index (χ3v) is 2.55. The van der Waals surface area contributed by atoms with Crippen molar-refractivity contribution in [3.05, 3.63) is 17.0 Å². The van der Waals surface area contributed by atoms with Crippen molar-refractivity contribution in [1.29, 1.82) is 0 Å². The van der Waals surface area contributed by atoms with E-state index in [1.807, 2.05) is 6.26 Å². The SMILES string of the molecule is CSc1ncnc(Cl)c1C(=O)OC(C)(C)C. The molecule has 0 fully saturated rings. The number of hydrogen-bond donors (Lipinski definition) is 0. The summed E-state index contributed by atoms with van der Waals surface area (Å²) in [5, 5.41) is 0.642. The van der Waals surface area contributed by atoms with Gasteiger partial charge in [-0.2, -0.15) is 0 Å². The summed E-state index contributed by atoms with van der Waals surface area (Å²) in [5.41, 5.74) is -0.335. The summed E-state index contributed by atoms with van der Waals surface area (Å²) in [5.74, 6) is -0.498. The normalized spacial score (nSPS) is 11.3. The highest BCUT2D eigenvalue weighted by molar-refractivity contribution is 7.98. The van der Waals surface area contributed by atoms with Crippen molar-refractivity contribution < 1.29 is 9.53 Å². The number of thioether (sulfide) groups is 1. The molecule has 0 aliphatic heterocycles. The van der Waals surface area contributed by atoms with Gasteiger partial charge in [-0.15, -0.1) is 11.8 Å². The van der Waals surface area contributed by atoms with E-state index in [9.17, 15) is 4.79 Å². The molecule has 0 aliphatic carbocycles. The van der Waals surface area contributed by atoms with Gasteiger partial charge in [0.2, 0.25) is 0 Å². The Hall–Kier alpha value is -0.810. The van der Waals surface area contributed by atoms with Gasteiger partial charge in [0.25, 0.3) is 0 Å². The Balaban J connectivity index is 3.08. The molecule has 1 rings (SSSR count). The first-order valence-electron chi connectivity index (χ1n) is 4.63. The van der Waals surface area contributed by atoms with Crippen molar-refractivity contribution in [2.24, 2.45) is 0 Å². The van der Waals surface area contributed by atoms with E-state index in [1.54, 1.807) is 20.8 Å². The van der Waals surface area contributed by atoms with E-state index < -0.39 is 11.6 Å². The van der Waals surface area contributed by atoms with Gasteiger partial charge in [0.1, 0.15) is 27.7 Å². The molecule has 0 atom stereocenters. The van der Waals surface area contributed by atoms with Crippen LogP contribution in [-0.2, 0) is 4.74 Å². The fraction of sp³-hybridized carbons (Fsp3) is 0.500. The Morgan fingerprint density at radius 2 is 2.06 bits per heavy atom. The van der Waals surface area contributed by atoms with Crippen LogP contribution in [0.5, 0.6) is 0 Å². The zero-order chi connectivity index (χ0) is 12.3. The molecule has 6 heteroatoms. The summed E-state index contributed by atoms with van der Waals surface area (Å²) in [6.07, 6.45) is 3.13. The summed E-state index contributed by atoms with van der Waals surface area (Å²) in [6.45, 7) is 5.38. The summed E-state index contributed by atoms with van der Waals surface area (Å²) >= 11 is 7.19. The number of rotatable bonds is 2. The van der Waals surface area contributed by atoms with E-state index in [0.29, 0.717) is 5.03 Å². The number of carbonyl (C=O) groups is 1. The predicted octanol–water partition coefficient (Wildman–Crippen LogP) is 2.81. The van der Waals surface area contributed by atoms with Crippen LogP contribution in [0.4, 0.5) is 0 Å². The Labute approximate surface area is 104 Å². The van der Waals surface area contributed by atoms with Gasteiger partial charge in [-0.1, -0.05) is 11.6 Å². The lowest BCUT2D eigenvalue weighted by molar-refractivity contribution is 0.00644. The molecule has 4 nitrogen and oxygen atoms in total. The van der Waals surface area contributed by atoms with E-state index in [1.165, 1.54) is 18.1 Å². The topological polar surface area (TPSA) is 52.1 Å². The van der Waals surface area contributed by atoms with Gasteiger partial charge in [-0.25, -0.2) is 14.8 Å². The Kier molecular flexibility index (Phi) is 4.15. The molecule has 0 saturated carbocycles. The van der Waals surface area contributed by atoms with Crippen LogP contribution < -0.4 is 0 Å². The molecule has 0 saturated heterocycles. The van der Waals surface area contributed by atoms with Gasteiger partial charge in [-0.05, 0) is 27.0 Å². The minimum absolute atomic E-state index is 0.119. The van der Waals surface area contributed by atoms with Gasteiger partial charge >= 0.3 is 5.97 Å². The number of esters is 1. The molecular weight excluding hydrogens is 248 g/mol. The molecule has 1 aromatic rings. The lowest BCUT2D eigenvalue weighted by Gasteiger charge is -2.20. The number of aromatic nitrogens is 2. The highest BCUT2D eigenvalue weighted by atomic mass is 35.5. The second-order valence-corrected chi connectivity index (χ2v) is 5.20. The summed E-state index contributed by atoms with van der Waals surface area (Å²) in [7, 11) is 0. The summed E-state index contributed by atoms with van der Waals surface area (Å²) in [4.78, 5) is 19.6. The maximum Gasteiger partial charge on any atom is 0.344 e. The molecule has 0 aliphatic rings. The Bertz CT molecular complexity index is 404. The Morgan fingerprint density at radius 3 is 2.56 bits per heavy atom. The van der Waals surface area contributed by atoms with Crippen LogP contribution >= 0.6 is 23.4 Å². The van der Waals surface area contributed by atoms with Crippen molar-refractivity contribution in [2.45, 2.75) is 31.4 Å². The summed E-state index contributed by atoms with van der Waals surface area (Å²) in [6, 6.07) is 0. The van der Waals surface area contributed by atoms with Crippen LogP contribution in [0, 0.1) is 0 Å². The average molecular weight is 261 g/mol. The largest absolute Gasteiger partial charge is 0.456 e. The van der Waals surface area contributed by atoms with Gasteiger partial charge in [0, 0.05) is 0 Å². The van der Waals surface area contributed by atoms with Crippen LogP contribution in [-0.4, -0.2) is 27.8 Å². The van der Waals surface area contributed by atoms with Crippen molar-refractivity contribution in [3.8, 4) is 0 Å². The molecule has 88 valence electrons. The predicted molar refractivity (Wildman–Crippen MR) is 64.0 cm³/mol. The standard InChI is InChI=1S/C10H13ClN2O2S/c1-10(2,3)15-9(14)6-7(11)12-5-13-8(6)16-4/h5H,1-4H3. The smallest absolute Gasteiger partial charge is 0.344 e. The second-order valence-electron chi connectivity index (χ2n) is 4.05. The highest BCUT2D eigenvalue weighted by Gasteiger charge is 2.24. The first-order valence-corrected chi connectivity index (χ1v) is 6.23. The quantitative estimate of drug-likeness (QED) is 0.465. The van der Waals surface area contributed by atoms with Crippen LogP contribution in [0.3, 0.4) is 0 Å².